The van der Waals surface area contributed by atoms with E-state index in [0.29, 0.717) is 17.1 Å². The molecule has 0 heterocycles. The highest BCUT2D eigenvalue weighted by atomic mass is 19.4. The van der Waals surface area contributed by atoms with Crippen molar-refractivity contribution in [3.63, 3.8) is 0 Å². The molecule has 0 fully saturated rings. The maximum absolute atomic E-state index is 12.7. The zero-order valence-electron chi connectivity index (χ0n) is 17.2. The molecule has 0 aliphatic rings. The average molecular weight is 437 g/mol. The van der Waals surface area contributed by atoms with Gasteiger partial charge in [-0.05, 0) is 48.9 Å². The highest BCUT2D eigenvalue weighted by molar-refractivity contribution is 5.89. The first-order valence-electron chi connectivity index (χ1n) is 9.17. The fourth-order valence-corrected chi connectivity index (χ4v) is 2.71. The summed E-state index contributed by atoms with van der Waals surface area (Å²) in [4.78, 5) is 23.9. The summed E-state index contributed by atoms with van der Waals surface area (Å²) in [6, 6.07) is 9.15. The summed E-state index contributed by atoms with van der Waals surface area (Å²) in [7, 11) is 3.01. The Kier molecular flexibility index (Phi) is 8.07. The Bertz CT molecular complexity index is 956. The second-order valence-electron chi connectivity index (χ2n) is 6.46. The summed E-state index contributed by atoms with van der Waals surface area (Å²) in [5.74, 6) is -0.282. The summed E-state index contributed by atoms with van der Waals surface area (Å²) < 4.78 is 53.4. The number of carbonyl (C=O) groups is 2. The molecule has 166 valence electrons. The average Bonchev–Trinajstić information content (AvgIpc) is 2.75. The number of ether oxygens (including phenoxy) is 3. The van der Waals surface area contributed by atoms with Gasteiger partial charge in [-0.3, -0.25) is 4.79 Å². The van der Waals surface area contributed by atoms with Crippen molar-refractivity contribution in [2.24, 2.45) is 0 Å². The van der Waals surface area contributed by atoms with E-state index in [1.807, 2.05) is 0 Å². The van der Waals surface area contributed by atoms with Gasteiger partial charge in [0.15, 0.2) is 6.61 Å². The fraction of sp³-hybridized carbons (Fsp3) is 0.273. The molecule has 9 heteroatoms. The van der Waals surface area contributed by atoms with Crippen molar-refractivity contribution in [1.82, 2.24) is 5.32 Å². The topological polar surface area (TPSA) is 73.9 Å². The molecule has 0 spiro atoms. The molecule has 1 unspecified atom stereocenters. The van der Waals surface area contributed by atoms with E-state index in [4.69, 9.17) is 14.2 Å². The van der Waals surface area contributed by atoms with Crippen molar-refractivity contribution in [2.75, 3.05) is 20.8 Å². The Morgan fingerprint density at radius 2 is 1.84 bits per heavy atom. The van der Waals surface area contributed by atoms with Gasteiger partial charge in [0.1, 0.15) is 11.5 Å². The van der Waals surface area contributed by atoms with E-state index in [1.54, 1.807) is 25.1 Å². The maximum atomic E-state index is 12.7. The van der Waals surface area contributed by atoms with Crippen molar-refractivity contribution in [3.8, 4) is 11.5 Å². The molecular weight excluding hydrogens is 415 g/mol. The monoisotopic (exact) mass is 437 g/mol. The van der Waals surface area contributed by atoms with Crippen LogP contribution in [0.5, 0.6) is 11.5 Å². The van der Waals surface area contributed by atoms with Gasteiger partial charge in [-0.15, -0.1) is 0 Å². The normalized spacial score (nSPS) is 12.3. The minimum absolute atomic E-state index is 0.176. The molecule has 0 aromatic heterocycles. The first-order chi connectivity index (χ1) is 14.6. The van der Waals surface area contributed by atoms with Gasteiger partial charge >= 0.3 is 12.1 Å². The summed E-state index contributed by atoms with van der Waals surface area (Å²) in [5, 5.41) is 2.67. The Labute approximate surface area is 177 Å². The molecule has 1 atom stereocenters. The minimum Gasteiger partial charge on any atom is -0.497 e. The predicted molar refractivity (Wildman–Crippen MR) is 108 cm³/mol. The number of nitrogens with one attached hydrogen (secondary N) is 1. The quantitative estimate of drug-likeness (QED) is 0.496. The Morgan fingerprint density at radius 3 is 2.48 bits per heavy atom. The molecule has 0 aliphatic heterocycles. The van der Waals surface area contributed by atoms with E-state index in [9.17, 15) is 22.8 Å². The van der Waals surface area contributed by atoms with Crippen LogP contribution in [0.25, 0.3) is 6.08 Å². The van der Waals surface area contributed by atoms with Crippen LogP contribution in [0.15, 0.2) is 48.5 Å². The fourth-order valence-electron chi connectivity index (χ4n) is 2.71. The first-order valence-corrected chi connectivity index (χ1v) is 9.17. The lowest BCUT2D eigenvalue weighted by atomic mass is 10.1. The van der Waals surface area contributed by atoms with E-state index in [1.165, 1.54) is 32.4 Å². The lowest BCUT2D eigenvalue weighted by molar-refractivity contribution is -0.144. The predicted octanol–water partition coefficient (Wildman–Crippen LogP) is 4.16. The molecule has 6 nitrogen and oxygen atoms in total. The van der Waals surface area contributed by atoms with Crippen LogP contribution in [-0.4, -0.2) is 32.7 Å². The molecular formula is C22H22F3NO5. The Balaban J connectivity index is 1.91. The number of hydrogen-bond acceptors (Lipinski definition) is 5. The van der Waals surface area contributed by atoms with Crippen molar-refractivity contribution >= 4 is 18.0 Å². The molecule has 0 bridgehead atoms. The van der Waals surface area contributed by atoms with Gasteiger partial charge in [0.05, 0.1) is 25.8 Å². The smallest absolute Gasteiger partial charge is 0.416 e. The highest BCUT2D eigenvalue weighted by Crippen LogP contribution is 2.30. The summed E-state index contributed by atoms with van der Waals surface area (Å²) >= 11 is 0. The third-order valence-electron chi connectivity index (χ3n) is 4.25. The third-order valence-corrected chi connectivity index (χ3v) is 4.25. The van der Waals surface area contributed by atoms with Crippen molar-refractivity contribution < 1.29 is 37.0 Å². The Morgan fingerprint density at radius 1 is 1.10 bits per heavy atom. The van der Waals surface area contributed by atoms with Gasteiger partial charge < -0.3 is 19.5 Å². The van der Waals surface area contributed by atoms with Crippen molar-refractivity contribution in [1.29, 1.82) is 0 Å². The van der Waals surface area contributed by atoms with E-state index in [0.717, 1.165) is 18.2 Å². The summed E-state index contributed by atoms with van der Waals surface area (Å²) in [5.41, 5.74) is 0.0188. The van der Waals surface area contributed by atoms with Crippen LogP contribution in [0.3, 0.4) is 0 Å². The molecule has 0 aliphatic carbocycles. The largest absolute Gasteiger partial charge is 0.497 e. The molecule has 2 aromatic carbocycles. The van der Waals surface area contributed by atoms with Crippen LogP contribution in [0.2, 0.25) is 0 Å². The number of benzene rings is 2. The van der Waals surface area contributed by atoms with Gasteiger partial charge in [0, 0.05) is 11.6 Å². The van der Waals surface area contributed by atoms with E-state index >= 15 is 0 Å². The molecule has 2 aromatic rings. The number of hydrogen-bond donors (Lipinski definition) is 1. The lowest BCUT2D eigenvalue weighted by Crippen LogP contribution is -2.31. The zero-order valence-corrected chi connectivity index (χ0v) is 17.2. The number of rotatable bonds is 8. The molecule has 1 amide bonds. The zero-order chi connectivity index (χ0) is 23.0. The molecule has 2 rings (SSSR count). The lowest BCUT2D eigenvalue weighted by Gasteiger charge is -2.18. The number of alkyl halides is 3. The summed E-state index contributed by atoms with van der Waals surface area (Å²) in [6.45, 7) is 1.17. The molecule has 31 heavy (non-hydrogen) atoms. The van der Waals surface area contributed by atoms with E-state index < -0.39 is 36.3 Å². The van der Waals surface area contributed by atoms with Crippen LogP contribution in [0, 0.1) is 0 Å². The number of methoxy groups -OCH3 is 2. The van der Waals surface area contributed by atoms with Crippen LogP contribution in [0.1, 0.15) is 29.7 Å². The highest BCUT2D eigenvalue weighted by Gasteiger charge is 2.30. The van der Waals surface area contributed by atoms with E-state index in [2.05, 4.69) is 5.32 Å². The van der Waals surface area contributed by atoms with Gasteiger partial charge in [0.2, 0.25) is 0 Å². The molecule has 0 saturated carbocycles. The van der Waals surface area contributed by atoms with Crippen molar-refractivity contribution in [3.05, 3.63) is 65.2 Å². The number of halogens is 3. The van der Waals surface area contributed by atoms with Crippen LogP contribution < -0.4 is 14.8 Å². The van der Waals surface area contributed by atoms with E-state index in [-0.39, 0.29) is 5.56 Å². The molecule has 0 radical (unpaired) electrons. The minimum atomic E-state index is -4.48. The van der Waals surface area contributed by atoms with Gasteiger partial charge in [-0.1, -0.05) is 12.1 Å². The third kappa shape index (κ3) is 7.06. The Hall–Kier alpha value is -3.49. The van der Waals surface area contributed by atoms with Gasteiger partial charge in [-0.25, -0.2) is 4.79 Å². The first kappa shape index (κ1) is 23.8. The second kappa shape index (κ2) is 10.5. The maximum Gasteiger partial charge on any atom is 0.416 e. The van der Waals surface area contributed by atoms with Crippen LogP contribution in [-0.2, 0) is 20.5 Å². The summed E-state index contributed by atoms with van der Waals surface area (Å²) in [6.07, 6.45) is -2.35. The molecule has 0 saturated heterocycles. The van der Waals surface area contributed by atoms with Crippen molar-refractivity contribution in [2.45, 2.75) is 19.1 Å². The van der Waals surface area contributed by atoms with Crippen LogP contribution in [0.4, 0.5) is 13.2 Å². The standard InChI is InChI=1S/C22H22F3NO5/c1-14(18-12-17(29-2)8-9-19(18)30-3)26-20(27)13-31-21(28)10-7-15-5-4-6-16(11-15)22(23,24)25/h4-12,14H,13H2,1-3H3,(H,26,27)/b10-7+. The van der Waals surface area contributed by atoms with Crippen LogP contribution >= 0.6 is 0 Å². The van der Waals surface area contributed by atoms with Gasteiger partial charge in [-0.2, -0.15) is 13.2 Å². The number of esters is 1. The second-order valence-corrected chi connectivity index (χ2v) is 6.46. The number of carbonyl (C=O) groups excluding carboxylic acids is 2. The SMILES string of the molecule is COc1ccc(OC)c(C(C)NC(=O)COC(=O)/C=C/c2cccc(C(F)(F)F)c2)c1. The molecule has 1 N–H and O–H groups in total. The van der Waals surface area contributed by atoms with Gasteiger partial charge in [0.25, 0.3) is 5.91 Å². The number of amides is 1.